The number of halogens is 4. The SMILES string of the molecule is [O-][S+](CC1(C(F)(F)F)c2ccccc2N(Cl)c2cnccc21)C1CC1. The molecule has 25 heavy (non-hydrogen) atoms. The molecule has 2 aromatic rings. The number of rotatable bonds is 3. The van der Waals surface area contributed by atoms with Crippen LogP contribution < -0.4 is 4.42 Å². The van der Waals surface area contributed by atoms with Gasteiger partial charge in [-0.05, 0) is 36.2 Å². The Labute approximate surface area is 151 Å². The smallest absolute Gasteiger partial charge is 0.407 e. The van der Waals surface area contributed by atoms with Crippen molar-refractivity contribution in [3.63, 3.8) is 0 Å². The summed E-state index contributed by atoms with van der Waals surface area (Å²) in [5.74, 6) is -0.500. The van der Waals surface area contributed by atoms with Gasteiger partial charge in [0, 0.05) is 29.1 Å². The molecule has 1 aromatic carbocycles. The molecular formula is C17H14ClF3N2OS. The Hall–Kier alpha value is -1.44. The van der Waals surface area contributed by atoms with E-state index < -0.39 is 28.5 Å². The molecule has 1 fully saturated rings. The maximum Gasteiger partial charge on any atom is 0.407 e. The summed E-state index contributed by atoms with van der Waals surface area (Å²) in [7, 11) is 0. The Morgan fingerprint density at radius 2 is 1.88 bits per heavy atom. The first-order chi connectivity index (χ1) is 11.9. The molecule has 0 radical (unpaired) electrons. The van der Waals surface area contributed by atoms with E-state index in [9.17, 15) is 17.7 Å². The Kier molecular flexibility index (Phi) is 3.94. The summed E-state index contributed by atoms with van der Waals surface area (Å²) in [5, 5.41) is -0.147. The van der Waals surface area contributed by atoms with E-state index in [-0.39, 0.29) is 27.8 Å². The summed E-state index contributed by atoms with van der Waals surface area (Å²) in [5.41, 5.74) is -1.91. The van der Waals surface area contributed by atoms with Crippen LogP contribution in [0, 0.1) is 0 Å². The quantitative estimate of drug-likeness (QED) is 0.578. The van der Waals surface area contributed by atoms with Crippen molar-refractivity contribution in [1.29, 1.82) is 0 Å². The molecule has 8 heteroatoms. The van der Waals surface area contributed by atoms with Gasteiger partial charge in [-0.3, -0.25) is 9.40 Å². The number of benzene rings is 1. The van der Waals surface area contributed by atoms with Crippen LogP contribution in [0.15, 0.2) is 42.7 Å². The number of fused-ring (bicyclic) bond motifs is 2. The van der Waals surface area contributed by atoms with Crippen LogP contribution in [0.3, 0.4) is 0 Å². The highest BCUT2D eigenvalue weighted by molar-refractivity contribution is 7.92. The van der Waals surface area contributed by atoms with E-state index in [0.29, 0.717) is 12.8 Å². The Bertz CT molecular complexity index is 765. The fourth-order valence-corrected chi connectivity index (χ4v) is 5.47. The highest BCUT2D eigenvalue weighted by atomic mass is 35.5. The van der Waals surface area contributed by atoms with E-state index in [0.717, 1.165) is 0 Å². The lowest BCUT2D eigenvalue weighted by molar-refractivity contribution is -0.172. The Morgan fingerprint density at radius 3 is 2.56 bits per heavy atom. The second kappa shape index (κ2) is 5.79. The van der Waals surface area contributed by atoms with Crippen LogP contribution in [0.5, 0.6) is 0 Å². The van der Waals surface area contributed by atoms with Gasteiger partial charge < -0.3 is 4.55 Å². The van der Waals surface area contributed by atoms with E-state index in [1.54, 1.807) is 18.2 Å². The largest absolute Gasteiger partial charge is 0.616 e. The zero-order valence-corrected chi connectivity index (χ0v) is 14.5. The van der Waals surface area contributed by atoms with Gasteiger partial charge in [-0.2, -0.15) is 13.2 Å². The molecule has 0 amide bonds. The summed E-state index contributed by atoms with van der Waals surface area (Å²) < 4.78 is 57.3. The number of hydrogen-bond acceptors (Lipinski definition) is 3. The highest BCUT2D eigenvalue weighted by Crippen LogP contribution is 2.57. The summed E-state index contributed by atoms with van der Waals surface area (Å²) in [6.45, 7) is 0. The third-order valence-corrected chi connectivity index (χ3v) is 7.08. The van der Waals surface area contributed by atoms with Crippen molar-refractivity contribution >= 4 is 34.3 Å². The molecular weight excluding hydrogens is 373 g/mol. The van der Waals surface area contributed by atoms with Gasteiger partial charge in [-0.1, -0.05) is 18.2 Å². The average molecular weight is 387 g/mol. The van der Waals surface area contributed by atoms with Crippen molar-refractivity contribution in [2.45, 2.75) is 29.7 Å². The zero-order chi connectivity index (χ0) is 17.8. The summed E-state index contributed by atoms with van der Waals surface area (Å²) in [6.07, 6.45) is -0.557. The van der Waals surface area contributed by atoms with Gasteiger partial charge in [-0.15, -0.1) is 0 Å². The second-order valence-corrected chi connectivity index (χ2v) is 8.37. The third-order valence-electron chi connectivity index (χ3n) is 4.79. The highest BCUT2D eigenvalue weighted by Gasteiger charge is 2.64. The molecule has 2 aliphatic rings. The molecule has 132 valence electrons. The zero-order valence-electron chi connectivity index (χ0n) is 13.0. The maximum atomic E-state index is 14.5. The van der Waals surface area contributed by atoms with E-state index in [4.69, 9.17) is 11.8 Å². The van der Waals surface area contributed by atoms with E-state index in [1.165, 1.54) is 28.9 Å². The molecule has 1 aromatic heterocycles. The second-order valence-electron chi connectivity index (χ2n) is 6.32. The number of alkyl halides is 3. The van der Waals surface area contributed by atoms with Gasteiger partial charge in [0.25, 0.3) is 0 Å². The first-order valence-corrected chi connectivity index (χ1v) is 9.52. The maximum absolute atomic E-state index is 14.5. The van der Waals surface area contributed by atoms with Gasteiger partial charge >= 0.3 is 6.18 Å². The minimum atomic E-state index is -4.62. The molecule has 1 aliphatic carbocycles. The van der Waals surface area contributed by atoms with Crippen LogP contribution in [-0.2, 0) is 16.6 Å². The van der Waals surface area contributed by atoms with Gasteiger partial charge in [0.15, 0.2) is 5.41 Å². The fraction of sp³-hybridized carbons (Fsp3) is 0.353. The summed E-state index contributed by atoms with van der Waals surface area (Å²) in [4.78, 5) is 3.93. The molecule has 0 bridgehead atoms. The number of hydrogen-bond donors (Lipinski definition) is 0. The molecule has 2 unspecified atom stereocenters. The topological polar surface area (TPSA) is 39.2 Å². The lowest BCUT2D eigenvalue weighted by Gasteiger charge is -2.43. The monoisotopic (exact) mass is 386 g/mol. The number of anilines is 2. The first-order valence-electron chi connectivity index (χ1n) is 7.80. The van der Waals surface area contributed by atoms with E-state index in [1.807, 2.05) is 0 Å². The van der Waals surface area contributed by atoms with Crippen molar-refractivity contribution in [2.24, 2.45) is 0 Å². The van der Waals surface area contributed by atoms with Crippen LogP contribution in [0.4, 0.5) is 24.5 Å². The van der Waals surface area contributed by atoms with Crippen LogP contribution in [0.25, 0.3) is 0 Å². The van der Waals surface area contributed by atoms with Crippen LogP contribution >= 0.6 is 11.8 Å². The normalized spacial score (nSPS) is 23.8. The predicted octanol–water partition coefficient (Wildman–Crippen LogP) is 4.45. The number of pyridine rings is 1. The van der Waals surface area contributed by atoms with E-state index >= 15 is 0 Å². The van der Waals surface area contributed by atoms with Gasteiger partial charge in [0.05, 0.1) is 17.6 Å². The molecule has 2 atom stereocenters. The molecule has 4 rings (SSSR count). The van der Waals surface area contributed by atoms with Crippen molar-refractivity contribution < 1.29 is 17.7 Å². The molecule has 0 spiro atoms. The number of aromatic nitrogens is 1. The first kappa shape index (κ1) is 17.0. The average Bonchev–Trinajstić information content (AvgIpc) is 3.42. The fourth-order valence-electron chi connectivity index (χ4n) is 3.39. The molecule has 0 N–H and O–H groups in total. The van der Waals surface area contributed by atoms with Crippen molar-refractivity contribution in [3.05, 3.63) is 53.9 Å². The Balaban J connectivity index is 2.00. The van der Waals surface area contributed by atoms with E-state index in [2.05, 4.69) is 4.98 Å². The molecule has 1 saturated carbocycles. The Morgan fingerprint density at radius 1 is 1.20 bits per heavy atom. The minimum absolute atomic E-state index is 0.00213. The molecule has 2 heterocycles. The van der Waals surface area contributed by atoms with Gasteiger partial charge in [0.2, 0.25) is 0 Å². The predicted molar refractivity (Wildman–Crippen MR) is 91.5 cm³/mol. The summed E-state index contributed by atoms with van der Waals surface area (Å²) >= 11 is 4.74. The van der Waals surface area contributed by atoms with Crippen molar-refractivity contribution in [3.8, 4) is 0 Å². The molecule has 3 nitrogen and oxygen atoms in total. The van der Waals surface area contributed by atoms with Crippen LogP contribution in [0.1, 0.15) is 24.0 Å². The van der Waals surface area contributed by atoms with Gasteiger partial charge in [-0.25, -0.2) is 0 Å². The van der Waals surface area contributed by atoms with Crippen molar-refractivity contribution in [1.82, 2.24) is 4.98 Å². The lowest BCUT2D eigenvalue weighted by Crippen LogP contribution is -2.51. The summed E-state index contributed by atoms with van der Waals surface area (Å²) in [6, 6.07) is 7.48. The van der Waals surface area contributed by atoms with Crippen LogP contribution in [-0.4, -0.2) is 26.7 Å². The number of para-hydroxylation sites is 1. The molecule has 1 aliphatic heterocycles. The van der Waals surface area contributed by atoms with Crippen molar-refractivity contribution in [2.75, 3.05) is 10.2 Å². The standard InChI is InChI=1S/C17H14ClF3N2OS/c18-23-14-4-2-1-3-12(14)16(17(19,20)21,10-25(24)11-5-6-11)13-7-8-22-9-15(13)23/h1-4,7-9,11H,5-6,10H2. The third kappa shape index (κ3) is 2.52. The molecule has 0 saturated heterocycles. The van der Waals surface area contributed by atoms with Gasteiger partial charge in [0.1, 0.15) is 11.0 Å². The lowest BCUT2D eigenvalue weighted by atomic mass is 9.72. The van der Waals surface area contributed by atoms with Crippen LogP contribution in [0.2, 0.25) is 0 Å². The number of nitrogens with zero attached hydrogens (tertiary/aromatic N) is 2. The minimum Gasteiger partial charge on any atom is -0.616 e.